The SMILES string of the molecule is C[SH](C)N1CCN(C(=O)COC(C)(C)C)CC1. The fourth-order valence-electron chi connectivity index (χ4n) is 1.71. The van der Waals surface area contributed by atoms with Crippen LogP contribution in [0.15, 0.2) is 0 Å². The summed E-state index contributed by atoms with van der Waals surface area (Å²) in [4.78, 5) is 13.8. The highest BCUT2D eigenvalue weighted by Crippen LogP contribution is 2.22. The lowest BCUT2D eigenvalue weighted by Gasteiger charge is -2.38. The van der Waals surface area contributed by atoms with Crippen molar-refractivity contribution in [3.63, 3.8) is 0 Å². The molecule has 1 aliphatic rings. The normalized spacial score (nSPS) is 19.4. The molecule has 0 atom stereocenters. The molecule has 17 heavy (non-hydrogen) atoms. The minimum atomic E-state index is -0.237. The van der Waals surface area contributed by atoms with E-state index < -0.39 is 0 Å². The number of carbonyl (C=O) groups is 1. The molecule has 0 aromatic carbocycles. The second-order valence-corrected chi connectivity index (χ2v) is 7.84. The van der Waals surface area contributed by atoms with Crippen molar-refractivity contribution in [3.8, 4) is 0 Å². The summed E-state index contributed by atoms with van der Waals surface area (Å²) in [5, 5.41) is 0. The first kappa shape index (κ1) is 14.8. The lowest BCUT2D eigenvalue weighted by atomic mass is 10.2. The summed E-state index contributed by atoms with van der Waals surface area (Å²) in [5.74, 6) is 0.121. The van der Waals surface area contributed by atoms with Gasteiger partial charge in [-0.3, -0.25) is 9.10 Å². The smallest absolute Gasteiger partial charge is 0.248 e. The molecular formula is C12H26N2O2S. The third-order valence-corrected chi connectivity index (χ3v) is 4.33. The first-order chi connectivity index (χ1) is 7.79. The molecule has 1 fully saturated rings. The van der Waals surface area contributed by atoms with Crippen molar-refractivity contribution in [2.75, 3.05) is 45.3 Å². The largest absolute Gasteiger partial charge is 0.366 e. The number of thiol groups is 1. The molecule has 1 heterocycles. The highest BCUT2D eigenvalue weighted by Gasteiger charge is 2.23. The monoisotopic (exact) mass is 262 g/mol. The van der Waals surface area contributed by atoms with E-state index in [0.29, 0.717) is 0 Å². The molecule has 0 N–H and O–H groups in total. The van der Waals surface area contributed by atoms with Crippen molar-refractivity contribution >= 4 is 17.0 Å². The lowest BCUT2D eigenvalue weighted by molar-refractivity contribution is -0.142. The summed E-state index contributed by atoms with van der Waals surface area (Å²) in [6, 6.07) is 0. The van der Waals surface area contributed by atoms with E-state index in [1.165, 1.54) is 0 Å². The number of rotatable bonds is 3. The molecule has 0 aliphatic carbocycles. The van der Waals surface area contributed by atoms with E-state index in [-0.39, 0.29) is 29.2 Å². The molecule has 1 rings (SSSR count). The average molecular weight is 262 g/mol. The number of carbonyl (C=O) groups excluding carboxylic acids is 1. The molecule has 0 bridgehead atoms. The van der Waals surface area contributed by atoms with Crippen LogP contribution in [0.5, 0.6) is 0 Å². The summed E-state index contributed by atoms with van der Waals surface area (Å²) in [6.07, 6.45) is 4.52. The van der Waals surface area contributed by atoms with E-state index in [4.69, 9.17) is 4.74 Å². The average Bonchev–Trinajstić information content (AvgIpc) is 2.25. The first-order valence-electron chi connectivity index (χ1n) is 6.13. The Morgan fingerprint density at radius 2 is 1.71 bits per heavy atom. The Bertz CT molecular complexity index is 256. The van der Waals surface area contributed by atoms with Crippen LogP contribution < -0.4 is 0 Å². The molecule has 0 radical (unpaired) electrons. The molecule has 0 spiro atoms. The van der Waals surface area contributed by atoms with Crippen molar-refractivity contribution < 1.29 is 9.53 Å². The van der Waals surface area contributed by atoms with Gasteiger partial charge in [-0.2, -0.15) is 0 Å². The fraction of sp³-hybridized carbons (Fsp3) is 0.917. The van der Waals surface area contributed by atoms with E-state index in [9.17, 15) is 4.79 Å². The molecule has 1 amide bonds. The van der Waals surface area contributed by atoms with Crippen LogP contribution in [0, 0.1) is 0 Å². The molecule has 1 aliphatic heterocycles. The fourth-order valence-corrected chi connectivity index (χ4v) is 2.69. The number of piperazine rings is 1. The van der Waals surface area contributed by atoms with Crippen LogP contribution in [0.25, 0.3) is 0 Å². The topological polar surface area (TPSA) is 32.8 Å². The molecule has 5 heteroatoms. The van der Waals surface area contributed by atoms with E-state index in [0.717, 1.165) is 26.2 Å². The Kier molecular flexibility index (Phi) is 5.28. The summed E-state index contributed by atoms with van der Waals surface area (Å²) in [7, 11) is 0. The molecule has 102 valence electrons. The van der Waals surface area contributed by atoms with Gasteiger partial charge < -0.3 is 9.64 Å². The summed E-state index contributed by atoms with van der Waals surface area (Å²) < 4.78 is 7.98. The second kappa shape index (κ2) is 6.07. The number of hydrogen-bond donors (Lipinski definition) is 1. The van der Waals surface area contributed by atoms with Gasteiger partial charge in [-0.25, -0.2) is 11.1 Å². The summed E-state index contributed by atoms with van der Waals surface area (Å²) in [6.45, 7) is 9.80. The van der Waals surface area contributed by atoms with Crippen LogP contribution in [0.1, 0.15) is 20.8 Å². The van der Waals surface area contributed by atoms with Crippen LogP contribution in [0.3, 0.4) is 0 Å². The molecular weight excluding hydrogens is 236 g/mol. The van der Waals surface area contributed by atoms with Gasteiger partial charge >= 0.3 is 0 Å². The summed E-state index contributed by atoms with van der Waals surface area (Å²) >= 11 is -0.0192. The van der Waals surface area contributed by atoms with Crippen LogP contribution in [-0.4, -0.2) is 66.0 Å². The van der Waals surface area contributed by atoms with Crippen LogP contribution >= 0.6 is 11.1 Å². The maximum atomic E-state index is 11.9. The minimum absolute atomic E-state index is 0.0192. The quantitative estimate of drug-likeness (QED) is 0.774. The van der Waals surface area contributed by atoms with Crippen molar-refractivity contribution in [3.05, 3.63) is 0 Å². The van der Waals surface area contributed by atoms with E-state index in [1.807, 2.05) is 25.7 Å². The van der Waals surface area contributed by atoms with Gasteiger partial charge in [0.1, 0.15) is 6.61 Å². The third-order valence-electron chi connectivity index (χ3n) is 2.80. The first-order valence-corrected chi connectivity index (χ1v) is 8.32. The number of hydrogen-bond acceptors (Lipinski definition) is 3. The molecule has 1 saturated heterocycles. The predicted octanol–water partition coefficient (Wildman–Crippen LogP) is 1.12. The lowest BCUT2D eigenvalue weighted by Crippen LogP contribution is -2.48. The molecule has 0 saturated carbocycles. The Balaban J connectivity index is 2.31. The zero-order valence-electron chi connectivity index (χ0n) is 11.7. The second-order valence-electron chi connectivity index (χ2n) is 5.58. The Morgan fingerprint density at radius 1 is 1.18 bits per heavy atom. The Labute approximate surface area is 108 Å². The van der Waals surface area contributed by atoms with Gasteiger partial charge in [-0.1, -0.05) is 0 Å². The van der Waals surface area contributed by atoms with Gasteiger partial charge in [0.15, 0.2) is 0 Å². The van der Waals surface area contributed by atoms with Crippen molar-refractivity contribution in [2.24, 2.45) is 0 Å². The van der Waals surface area contributed by atoms with Crippen molar-refractivity contribution in [2.45, 2.75) is 26.4 Å². The molecule has 0 aromatic heterocycles. The van der Waals surface area contributed by atoms with Gasteiger partial charge in [-0.05, 0) is 33.3 Å². The van der Waals surface area contributed by atoms with Crippen molar-refractivity contribution in [1.29, 1.82) is 0 Å². The minimum Gasteiger partial charge on any atom is -0.366 e. The summed E-state index contributed by atoms with van der Waals surface area (Å²) in [5.41, 5.74) is -0.237. The Hall–Kier alpha value is -0.260. The molecule has 0 unspecified atom stereocenters. The number of amides is 1. The highest BCUT2D eigenvalue weighted by atomic mass is 32.2. The predicted molar refractivity (Wildman–Crippen MR) is 74.7 cm³/mol. The maximum absolute atomic E-state index is 11.9. The van der Waals surface area contributed by atoms with Crippen molar-refractivity contribution in [1.82, 2.24) is 9.21 Å². The number of ether oxygens (including phenoxy) is 1. The van der Waals surface area contributed by atoms with Gasteiger partial charge in [0.2, 0.25) is 5.91 Å². The van der Waals surface area contributed by atoms with Gasteiger partial charge in [-0.15, -0.1) is 0 Å². The maximum Gasteiger partial charge on any atom is 0.248 e. The van der Waals surface area contributed by atoms with Gasteiger partial charge in [0.05, 0.1) is 5.60 Å². The van der Waals surface area contributed by atoms with Gasteiger partial charge in [0, 0.05) is 26.2 Å². The van der Waals surface area contributed by atoms with E-state index in [2.05, 4.69) is 16.8 Å². The van der Waals surface area contributed by atoms with E-state index >= 15 is 0 Å². The standard InChI is InChI=1S/C12H26N2O2S/c1-12(2,3)16-10-11(15)13-6-8-14(9-7-13)17(4)5/h17H,6-10H2,1-5H3. The highest BCUT2D eigenvalue weighted by molar-refractivity contribution is 8.13. The molecule has 0 aromatic rings. The van der Waals surface area contributed by atoms with E-state index in [1.54, 1.807) is 0 Å². The Morgan fingerprint density at radius 3 is 2.12 bits per heavy atom. The molecule has 4 nitrogen and oxygen atoms in total. The number of nitrogens with zero attached hydrogens (tertiary/aromatic N) is 2. The zero-order chi connectivity index (χ0) is 13.1. The van der Waals surface area contributed by atoms with Crippen LogP contribution in [-0.2, 0) is 9.53 Å². The van der Waals surface area contributed by atoms with Gasteiger partial charge in [0.25, 0.3) is 0 Å². The van der Waals surface area contributed by atoms with Crippen LogP contribution in [0.4, 0.5) is 0 Å². The van der Waals surface area contributed by atoms with Crippen LogP contribution in [0.2, 0.25) is 0 Å². The third kappa shape index (κ3) is 5.27. The zero-order valence-corrected chi connectivity index (χ0v) is 12.6.